The van der Waals surface area contributed by atoms with E-state index < -0.39 is 12.0 Å². The van der Waals surface area contributed by atoms with Crippen LogP contribution in [-0.2, 0) is 9.53 Å². The van der Waals surface area contributed by atoms with Gasteiger partial charge in [0.25, 0.3) is 0 Å². The van der Waals surface area contributed by atoms with Crippen molar-refractivity contribution in [1.29, 1.82) is 0 Å². The van der Waals surface area contributed by atoms with Crippen LogP contribution in [0.2, 0.25) is 0 Å². The minimum absolute atomic E-state index is 0.104. The Labute approximate surface area is 92.2 Å². The molecule has 0 atom stereocenters. The highest BCUT2D eigenvalue weighted by Gasteiger charge is 2.19. The van der Waals surface area contributed by atoms with Crippen LogP contribution in [0.25, 0.3) is 0 Å². The average molecular weight is 260 g/mol. The van der Waals surface area contributed by atoms with Gasteiger partial charge >= 0.3 is 12.0 Å². The molecule has 0 N–H and O–H groups in total. The van der Waals surface area contributed by atoms with Crippen molar-refractivity contribution in [2.24, 2.45) is 0 Å². The van der Waals surface area contributed by atoms with Crippen molar-refractivity contribution in [2.75, 3.05) is 6.61 Å². The van der Waals surface area contributed by atoms with Crippen molar-refractivity contribution >= 4 is 45.2 Å². The van der Waals surface area contributed by atoms with Gasteiger partial charge in [-0.25, -0.2) is 4.79 Å². The van der Waals surface area contributed by atoms with Crippen LogP contribution in [0.15, 0.2) is 23.9 Å². The van der Waals surface area contributed by atoms with Crippen molar-refractivity contribution in [1.82, 2.24) is 0 Å². The van der Waals surface area contributed by atoms with Gasteiger partial charge in [-0.15, -0.1) is 33.2 Å². The summed E-state index contributed by atoms with van der Waals surface area (Å²) in [6.07, 6.45) is 1.51. The molecule has 0 aromatic rings. The lowest BCUT2D eigenvalue weighted by atomic mass is 10.4. The number of carbonyl (C=O) groups excluding carboxylic acids is 1. The van der Waals surface area contributed by atoms with Gasteiger partial charge < -0.3 is 4.74 Å². The fourth-order valence-electron chi connectivity index (χ4n) is 0.429. The Balaban J connectivity index is 3.75. The van der Waals surface area contributed by atoms with Crippen LogP contribution in [0.4, 0.5) is 0 Å². The normalized spacial score (nSPS) is 11.7. The molecule has 74 valence electrons. The van der Waals surface area contributed by atoms with Gasteiger partial charge in [0.1, 0.15) is 6.61 Å². The minimum atomic E-state index is -2.73. The zero-order valence-corrected chi connectivity index (χ0v) is 10.3. The lowest BCUT2D eigenvalue weighted by molar-refractivity contribution is -0.137. The Morgan fingerprint density at radius 2 is 2.08 bits per heavy atom. The van der Waals surface area contributed by atoms with Crippen molar-refractivity contribution in [2.45, 2.75) is 6.92 Å². The van der Waals surface area contributed by atoms with Gasteiger partial charge in [0.05, 0.1) is 0 Å². The minimum Gasteiger partial charge on any atom is -0.458 e. The van der Waals surface area contributed by atoms with E-state index in [1.54, 1.807) is 6.92 Å². The molecule has 6 heteroatoms. The molecule has 0 fully saturated rings. The molecule has 13 heavy (non-hydrogen) atoms. The first-order chi connectivity index (χ1) is 5.83. The van der Waals surface area contributed by atoms with E-state index in [2.05, 4.69) is 6.58 Å². The number of hydrogen-bond acceptors (Lipinski definition) is 2. The van der Waals surface area contributed by atoms with E-state index in [1.165, 1.54) is 11.8 Å². The molecule has 0 aliphatic rings. The largest absolute Gasteiger partial charge is 0.458 e. The number of hydrogen-bond donors (Lipinski definition) is 0. The second kappa shape index (κ2) is 5.70. The van der Waals surface area contributed by atoms with Gasteiger partial charge in [0, 0.05) is 5.57 Å². The Bertz CT molecular complexity index is 232. The van der Waals surface area contributed by atoms with Crippen molar-refractivity contribution in [3.05, 3.63) is 23.9 Å². The number of esters is 1. The van der Waals surface area contributed by atoms with Crippen LogP contribution in [0.3, 0.4) is 0 Å². The zero-order valence-electron chi connectivity index (χ0n) is 7.02. The monoisotopic (exact) mass is 258 g/mol. The number of halogens is 3. The molecule has 2 nitrogen and oxygen atoms in total. The van der Waals surface area contributed by atoms with Gasteiger partial charge in [-0.1, -0.05) is 18.4 Å². The predicted octanol–water partition coefficient (Wildman–Crippen LogP) is 2.86. The Hall–Kier alpha value is 0.0369. The first-order valence-corrected chi connectivity index (χ1v) is 8.51. The summed E-state index contributed by atoms with van der Waals surface area (Å²) in [6.45, 7) is 5.08. The number of rotatable bonds is 4. The first kappa shape index (κ1) is 13.0. The number of ether oxygens (including phenoxy) is 1. The van der Waals surface area contributed by atoms with Gasteiger partial charge in [0.15, 0.2) is 0 Å². The Morgan fingerprint density at radius 1 is 1.54 bits per heavy atom. The third-order valence-electron chi connectivity index (χ3n) is 0.966. The second-order valence-corrected chi connectivity index (χ2v) is 10.8. The standard InChI is InChI=1S/C7H9Cl3O2Si/c1-6(2)7(11)12-4-3-5-13(8,9)10/h3,5H,1,4H2,2H3. The summed E-state index contributed by atoms with van der Waals surface area (Å²) in [7, 11) is 0. The number of carbonyl (C=O) groups is 1. The molecule has 0 radical (unpaired) electrons. The maximum absolute atomic E-state index is 10.8. The molecule has 0 rings (SSSR count). The highest BCUT2D eigenvalue weighted by Crippen LogP contribution is 2.20. The van der Waals surface area contributed by atoms with Crippen LogP contribution in [0.5, 0.6) is 0 Å². The van der Waals surface area contributed by atoms with E-state index in [0.29, 0.717) is 5.57 Å². The van der Waals surface area contributed by atoms with Crippen molar-refractivity contribution < 1.29 is 9.53 Å². The summed E-state index contributed by atoms with van der Waals surface area (Å²) >= 11 is 16.6. The third-order valence-corrected chi connectivity index (χ3v) is 2.71. The highest BCUT2D eigenvalue weighted by molar-refractivity contribution is 7.66. The molecule has 0 unspecified atom stereocenters. The molecule has 0 amide bonds. The fourth-order valence-corrected chi connectivity index (χ4v) is 1.59. The van der Waals surface area contributed by atoms with Gasteiger partial charge in [-0.05, 0) is 6.92 Å². The SMILES string of the molecule is C=C(C)C(=O)OCC=C[Si](Cl)(Cl)Cl. The molecule has 0 aromatic carbocycles. The molecule has 0 saturated carbocycles. The summed E-state index contributed by atoms with van der Waals surface area (Å²) in [6, 6.07) is -2.73. The summed E-state index contributed by atoms with van der Waals surface area (Å²) in [5, 5.41) is 0. The molecular formula is C7H9Cl3O2Si. The second-order valence-electron chi connectivity index (χ2n) is 2.32. The molecular weight excluding hydrogens is 251 g/mol. The van der Waals surface area contributed by atoms with E-state index in [-0.39, 0.29) is 6.61 Å². The molecule has 0 saturated heterocycles. The van der Waals surface area contributed by atoms with E-state index >= 15 is 0 Å². The Morgan fingerprint density at radius 3 is 2.46 bits per heavy atom. The lowest BCUT2D eigenvalue weighted by Crippen LogP contribution is -2.07. The first-order valence-electron chi connectivity index (χ1n) is 3.40. The van der Waals surface area contributed by atoms with Crippen molar-refractivity contribution in [3.63, 3.8) is 0 Å². The quantitative estimate of drug-likeness (QED) is 0.336. The topological polar surface area (TPSA) is 26.3 Å². The van der Waals surface area contributed by atoms with Gasteiger partial charge in [-0.2, -0.15) is 0 Å². The maximum atomic E-state index is 10.8. The molecule has 0 bridgehead atoms. The van der Waals surface area contributed by atoms with Crippen molar-refractivity contribution in [3.8, 4) is 0 Å². The lowest BCUT2D eigenvalue weighted by Gasteiger charge is -2.01. The molecule has 0 aromatic heterocycles. The van der Waals surface area contributed by atoms with Gasteiger partial charge in [0.2, 0.25) is 0 Å². The van der Waals surface area contributed by atoms with Crippen LogP contribution in [-0.4, -0.2) is 18.6 Å². The summed E-state index contributed by atoms with van der Waals surface area (Å²) in [4.78, 5) is 10.8. The highest BCUT2D eigenvalue weighted by atomic mass is 35.8. The summed E-state index contributed by atoms with van der Waals surface area (Å²) in [5.41, 5.74) is 1.79. The molecule has 0 heterocycles. The Kier molecular flexibility index (Phi) is 5.72. The van der Waals surface area contributed by atoms with Gasteiger partial charge in [-0.3, -0.25) is 0 Å². The summed E-state index contributed by atoms with van der Waals surface area (Å²) in [5.74, 6) is -0.448. The summed E-state index contributed by atoms with van der Waals surface area (Å²) < 4.78 is 4.72. The van der Waals surface area contributed by atoms with E-state index in [9.17, 15) is 4.79 Å². The maximum Gasteiger partial charge on any atom is 0.365 e. The van der Waals surface area contributed by atoms with Crippen LogP contribution in [0, 0.1) is 0 Å². The van der Waals surface area contributed by atoms with Crippen LogP contribution >= 0.6 is 33.2 Å². The molecule has 0 spiro atoms. The fraction of sp³-hybridized carbons (Fsp3) is 0.286. The molecule has 0 aliphatic heterocycles. The van der Waals surface area contributed by atoms with E-state index in [1.807, 2.05) is 0 Å². The third kappa shape index (κ3) is 8.37. The van der Waals surface area contributed by atoms with Crippen LogP contribution < -0.4 is 0 Å². The average Bonchev–Trinajstić information content (AvgIpc) is 1.95. The van der Waals surface area contributed by atoms with E-state index in [4.69, 9.17) is 38.0 Å². The van der Waals surface area contributed by atoms with Crippen LogP contribution in [0.1, 0.15) is 6.92 Å². The molecule has 0 aliphatic carbocycles. The zero-order chi connectivity index (χ0) is 10.5. The predicted molar refractivity (Wildman–Crippen MR) is 58.2 cm³/mol. The smallest absolute Gasteiger partial charge is 0.365 e. The van der Waals surface area contributed by atoms with E-state index in [0.717, 1.165) is 0 Å².